The minimum absolute atomic E-state index is 0.132. The molecule has 6 rings (SSSR count). The minimum Gasteiger partial charge on any atom is -0.493 e. The van der Waals surface area contributed by atoms with Crippen molar-refractivity contribution in [3.05, 3.63) is 123 Å². The largest absolute Gasteiger partial charge is 0.493 e. The fourth-order valence-electron chi connectivity index (χ4n) is 5.44. The van der Waals surface area contributed by atoms with Gasteiger partial charge in [0.1, 0.15) is 5.58 Å². The number of anilines is 2. The molecule has 10 nitrogen and oxygen atoms in total. The summed E-state index contributed by atoms with van der Waals surface area (Å²) in [7, 11) is 2.91. The number of benzene rings is 3. The Morgan fingerprint density at radius 1 is 0.911 bits per heavy atom. The Kier molecular flexibility index (Phi) is 8.56. The monoisotopic (exact) mass is 604 g/mol. The second kappa shape index (κ2) is 13.0. The van der Waals surface area contributed by atoms with Crippen LogP contribution in [0.2, 0.25) is 0 Å². The minimum atomic E-state index is -0.697. The molecule has 1 aliphatic heterocycles. The van der Waals surface area contributed by atoms with Gasteiger partial charge in [-0.1, -0.05) is 24.3 Å². The van der Waals surface area contributed by atoms with Crippen LogP contribution in [0.1, 0.15) is 37.6 Å². The van der Waals surface area contributed by atoms with Gasteiger partial charge in [0.25, 0.3) is 11.8 Å². The molecule has 0 aliphatic carbocycles. The highest BCUT2D eigenvalue weighted by Gasteiger charge is 2.21. The number of aromatic nitrogens is 1. The molecule has 2 N–H and O–H groups in total. The van der Waals surface area contributed by atoms with Crippen LogP contribution in [0.5, 0.6) is 11.5 Å². The molecular formula is C35H32N4O6. The zero-order valence-electron chi connectivity index (χ0n) is 25.0. The van der Waals surface area contributed by atoms with E-state index in [1.165, 1.54) is 37.5 Å². The maximum atomic E-state index is 13.5. The van der Waals surface area contributed by atoms with Crippen molar-refractivity contribution in [2.45, 2.75) is 19.4 Å². The molecule has 0 fully saturated rings. The fraction of sp³-hybridized carbons (Fsp3) is 0.200. The van der Waals surface area contributed by atoms with Gasteiger partial charge in [0.05, 0.1) is 30.9 Å². The van der Waals surface area contributed by atoms with E-state index in [4.69, 9.17) is 13.9 Å². The van der Waals surface area contributed by atoms with Gasteiger partial charge >= 0.3 is 0 Å². The number of rotatable bonds is 9. The maximum Gasteiger partial charge on any atom is 0.291 e. The molecule has 2 amide bonds. The third kappa shape index (κ3) is 6.56. The number of nitrogens with one attached hydrogen (secondary N) is 2. The van der Waals surface area contributed by atoms with Crippen molar-refractivity contribution in [2.75, 3.05) is 37.9 Å². The topological polar surface area (TPSA) is 123 Å². The van der Waals surface area contributed by atoms with E-state index in [1.807, 2.05) is 36.7 Å². The normalized spacial score (nSPS) is 12.8. The Balaban J connectivity index is 1.16. The van der Waals surface area contributed by atoms with E-state index in [-0.39, 0.29) is 28.0 Å². The van der Waals surface area contributed by atoms with E-state index in [2.05, 4.69) is 26.6 Å². The van der Waals surface area contributed by atoms with E-state index in [0.717, 1.165) is 44.1 Å². The van der Waals surface area contributed by atoms with Crippen LogP contribution in [0.3, 0.4) is 0 Å². The lowest BCUT2D eigenvalue weighted by molar-refractivity contribution is 0.0997. The first-order valence-electron chi connectivity index (χ1n) is 14.6. The van der Waals surface area contributed by atoms with Crippen molar-refractivity contribution in [3.8, 4) is 11.5 Å². The predicted octanol–water partition coefficient (Wildman–Crippen LogP) is 5.31. The number of methoxy groups -OCH3 is 2. The number of amides is 2. The van der Waals surface area contributed by atoms with Crippen LogP contribution in [-0.4, -0.2) is 49.0 Å². The van der Waals surface area contributed by atoms with Crippen LogP contribution in [0.15, 0.2) is 94.4 Å². The Labute approximate surface area is 259 Å². The van der Waals surface area contributed by atoms with Crippen LogP contribution >= 0.6 is 0 Å². The number of hydrogen-bond donors (Lipinski definition) is 2. The summed E-state index contributed by atoms with van der Waals surface area (Å²) in [5, 5.41) is 5.96. The molecule has 10 heteroatoms. The molecule has 0 atom stereocenters. The van der Waals surface area contributed by atoms with Gasteiger partial charge in [0, 0.05) is 49.8 Å². The van der Waals surface area contributed by atoms with E-state index in [9.17, 15) is 14.4 Å². The highest BCUT2D eigenvalue weighted by atomic mass is 16.5. The smallest absolute Gasteiger partial charge is 0.291 e. The molecular weight excluding hydrogens is 572 g/mol. The number of nitrogens with zero attached hydrogens (tertiary/aromatic N) is 2. The standard InChI is InChI=1S/C35H32N4O6/c1-43-31-17-27(28(18-32(31)44-2)38-35(42)33-19-29(40)26-5-3-4-6-30(26)45-33)34(41)37-25-9-7-22(8-10-25)12-15-39-16-13-23-11-14-36-20-24(23)21-39/h3-11,14,17-20H,12-13,15-16,21H2,1-2H3,(H,37,41)(H,38,42). The summed E-state index contributed by atoms with van der Waals surface area (Å²) in [6.07, 6.45) is 5.71. The first-order chi connectivity index (χ1) is 21.9. The summed E-state index contributed by atoms with van der Waals surface area (Å²) in [4.78, 5) is 46.0. The maximum absolute atomic E-state index is 13.5. The van der Waals surface area contributed by atoms with Crippen molar-refractivity contribution in [3.63, 3.8) is 0 Å². The van der Waals surface area contributed by atoms with Gasteiger partial charge in [-0.05, 0) is 65.9 Å². The molecule has 228 valence electrons. The van der Waals surface area contributed by atoms with Crippen LogP contribution in [0.4, 0.5) is 11.4 Å². The molecule has 0 saturated carbocycles. The van der Waals surface area contributed by atoms with Crippen molar-refractivity contribution in [2.24, 2.45) is 0 Å². The van der Waals surface area contributed by atoms with Crippen molar-refractivity contribution >= 4 is 34.2 Å². The molecule has 0 radical (unpaired) electrons. The number of pyridine rings is 1. The Bertz CT molecular complexity index is 1940. The zero-order valence-corrected chi connectivity index (χ0v) is 25.0. The Morgan fingerprint density at radius 3 is 2.49 bits per heavy atom. The Morgan fingerprint density at radius 2 is 1.69 bits per heavy atom. The molecule has 2 aromatic heterocycles. The zero-order chi connectivity index (χ0) is 31.3. The summed E-state index contributed by atoms with van der Waals surface area (Å²) in [5.74, 6) is -0.746. The predicted molar refractivity (Wildman–Crippen MR) is 171 cm³/mol. The molecule has 5 aromatic rings. The number of carbonyl (C=O) groups is 2. The summed E-state index contributed by atoms with van der Waals surface area (Å²) >= 11 is 0. The van der Waals surface area contributed by atoms with Crippen molar-refractivity contribution in [1.29, 1.82) is 0 Å². The van der Waals surface area contributed by atoms with E-state index >= 15 is 0 Å². The van der Waals surface area contributed by atoms with Crippen LogP contribution < -0.4 is 25.5 Å². The van der Waals surface area contributed by atoms with Crippen LogP contribution in [0.25, 0.3) is 11.0 Å². The number of fused-ring (bicyclic) bond motifs is 2. The van der Waals surface area contributed by atoms with E-state index in [0.29, 0.717) is 22.6 Å². The fourth-order valence-corrected chi connectivity index (χ4v) is 5.44. The van der Waals surface area contributed by atoms with Gasteiger partial charge in [-0.3, -0.25) is 24.3 Å². The van der Waals surface area contributed by atoms with Gasteiger partial charge in [0.15, 0.2) is 22.7 Å². The molecule has 0 unspecified atom stereocenters. The SMILES string of the molecule is COc1cc(NC(=O)c2cc(=O)c3ccccc3o2)c(C(=O)Nc2ccc(CCN3CCc4ccncc4C3)cc2)cc1OC. The summed E-state index contributed by atoms with van der Waals surface area (Å²) in [5.41, 5.74) is 4.62. The number of ether oxygens (including phenoxy) is 2. The van der Waals surface area contributed by atoms with Gasteiger partial charge in [-0.25, -0.2) is 0 Å². The lowest BCUT2D eigenvalue weighted by Crippen LogP contribution is -2.32. The quantitative estimate of drug-likeness (QED) is 0.232. The highest BCUT2D eigenvalue weighted by molar-refractivity contribution is 6.12. The molecule has 3 heterocycles. The second-order valence-corrected chi connectivity index (χ2v) is 10.7. The number of carbonyl (C=O) groups excluding carboxylic acids is 2. The van der Waals surface area contributed by atoms with Crippen LogP contribution in [-0.2, 0) is 19.4 Å². The molecule has 0 spiro atoms. The van der Waals surface area contributed by atoms with Gasteiger partial charge in [-0.2, -0.15) is 0 Å². The first kappa shape index (κ1) is 29.6. The van der Waals surface area contributed by atoms with Gasteiger partial charge < -0.3 is 24.5 Å². The molecule has 0 bridgehead atoms. The highest BCUT2D eigenvalue weighted by Crippen LogP contribution is 2.34. The number of hydrogen-bond acceptors (Lipinski definition) is 8. The van der Waals surface area contributed by atoms with E-state index in [1.54, 1.807) is 24.3 Å². The molecule has 3 aromatic carbocycles. The summed E-state index contributed by atoms with van der Waals surface area (Å²) in [6.45, 7) is 2.84. The molecule has 0 saturated heterocycles. The van der Waals surface area contributed by atoms with Gasteiger partial charge in [-0.15, -0.1) is 0 Å². The van der Waals surface area contributed by atoms with Crippen molar-refractivity contribution < 1.29 is 23.5 Å². The summed E-state index contributed by atoms with van der Waals surface area (Å²) in [6, 6.07) is 20.6. The number of para-hydroxylation sites is 1. The second-order valence-electron chi connectivity index (χ2n) is 10.7. The van der Waals surface area contributed by atoms with Crippen LogP contribution in [0, 0.1) is 0 Å². The average Bonchev–Trinajstić information content (AvgIpc) is 3.07. The lowest BCUT2D eigenvalue weighted by atomic mass is 10.0. The molecule has 45 heavy (non-hydrogen) atoms. The summed E-state index contributed by atoms with van der Waals surface area (Å²) < 4.78 is 16.5. The first-order valence-corrected chi connectivity index (χ1v) is 14.6. The average molecular weight is 605 g/mol. The lowest BCUT2D eigenvalue weighted by Gasteiger charge is -2.28. The van der Waals surface area contributed by atoms with Crippen molar-refractivity contribution in [1.82, 2.24) is 9.88 Å². The molecule has 1 aliphatic rings. The Hall–Kier alpha value is -5.48. The van der Waals surface area contributed by atoms with Gasteiger partial charge in [0.2, 0.25) is 0 Å². The third-order valence-corrected chi connectivity index (χ3v) is 7.90. The van der Waals surface area contributed by atoms with E-state index < -0.39 is 11.8 Å². The third-order valence-electron chi connectivity index (χ3n) is 7.90.